The average Bonchev–Trinajstić information content (AvgIpc) is 3.67. The van der Waals surface area contributed by atoms with Crippen LogP contribution in [0.1, 0.15) is 65.9 Å². The number of benzene rings is 2. The molecule has 0 bridgehead atoms. The number of halogens is 1. The van der Waals surface area contributed by atoms with Gasteiger partial charge in [0.25, 0.3) is 0 Å². The van der Waals surface area contributed by atoms with Crippen LogP contribution in [0.2, 0.25) is 0 Å². The molecule has 0 radical (unpaired) electrons. The van der Waals surface area contributed by atoms with E-state index in [-0.39, 0.29) is 11.8 Å². The molecule has 7 heteroatoms. The minimum Gasteiger partial charge on any atom is -0.476 e. The number of ether oxygens (including phenoxy) is 2. The smallest absolute Gasteiger partial charge is 0.350 e. The number of hydrogen-bond acceptors (Lipinski definition) is 5. The number of anilines is 1. The van der Waals surface area contributed by atoms with Crippen LogP contribution in [0.15, 0.2) is 53.0 Å². The maximum atomic E-state index is 13.7. The molecular formula is C30H39BrN2O4. The molecule has 0 unspecified atom stereocenters. The molecule has 2 aromatic carbocycles. The molecule has 0 N–H and O–H groups in total. The zero-order valence-electron chi connectivity index (χ0n) is 22.6. The van der Waals surface area contributed by atoms with E-state index < -0.39 is 17.2 Å². The van der Waals surface area contributed by atoms with Gasteiger partial charge in [-0.05, 0) is 90.1 Å². The lowest BCUT2D eigenvalue weighted by Gasteiger charge is -2.37. The maximum Gasteiger partial charge on any atom is 0.350 e. The van der Waals surface area contributed by atoms with Gasteiger partial charge in [-0.15, -0.1) is 0 Å². The van der Waals surface area contributed by atoms with Crippen molar-refractivity contribution in [2.45, 2.75) is 84.1 Å². The van der Waals surface area contributed by atoms with Gasteiger partial charge in [0, 0.05) is 41.9 Å². The first-order valence-electron chi connectivity index (χ1n) is 13.2. The van der Waals surface area contributed by atoms with Gasteiger partial charge in [-0.2, -0.15) is 0 Å². The van der Waals surface area contributed by atoms with Crippen molar-refractivity contribution in [3.8, 4) is 5.75 Å². The van der Waals surface area contributed by atoms with Crippen LogP contribution in [-0.2, 0) is 20.9 Å². The first-order chi connectivity index (χ1) is 17.4. The fourth-order valence-electron chi connectivity index (χ4n) is 4.69. The predicted octanol–water partition coefficient (Wildman–Crippen LogP) is 6.36. The van der Waals surface area contributed by atoms with Crippen LogP contribution < -0.4 is 9.64 Å². The maximum absolute atomic E-state index is 13.7. The van der Waals surface area contributed by atoms with Gasteiger partial charge >= 0.3 is 5.97 Å². The number of amides is 1. The molecule has 0 aromatic heterocycles. The van der Waals surface area contributed by atoms with Crippen molar-refractivity contribution in [1.82, 2.24) is 4.90 Å². The highest BCUT2D eigenvalue weighted by atomic mass is 79.9. The second-order valence-corrected chi connectivity index (χ2v) is 12.6. The van der Waals surface area contributed by atoms with Gasteiger partial charge in [-0.1, -0.05) is 34.1 Å². The Bertz CT molecular complexity index is 1110. The van der Waals surface area contributed by atoms with Gasteiger partial charge in [0.1, 0.15) is 11.4 Å². The molecule has 2 aliphatic rings. The number of hydrogen-bond donors (Lipinski definition) is 0. The number of nitrogens with zero attached hydrogens (tertiary/aromatic N) is 2. The lowest BCUT2D eigenvalue weighted by atomic mass is 9.95. The summed E-state index contributed by atoms with van der Waals surface area (Å²) in [4.78, 5) is 30.7. The summed E-state index contributed by atoms with van der Waals surface area (Å²) >= 11 is 3.49. The standard InChI is InChI=1S/C30H39BrN2O4/c1-29(2,3)37-28(35)30(4,5)36-26-10-6-9-25(18-26)32-17-7-8-22(20-32)27(34)33(24-15-16-24)19-21-11-13-23(31)14-12-21/h6,9-14,18,22,24H,7-8,15-17,19-20H2,1-5H3/t22-/m0/s1. The summed E-state index contributed by atoms with van der Waals surface area (Å²) in [6, 6.07) is 16.4. The molecule has 6 nitrogen and oxygen atoms in total. The summed E-state index contributed by atoms with van der Waals surface area (Å²) in [5.41, 5.74) is 0.458. The van der Waals surface area contributed by atoms with Gasteiger partial charge in [-0.3, -0.25) is 4.79 Å². The molecule has 200 valence electrons. The molecule has 1 heterocycles. The van der Waals surface area contributed by atoms with Crippen LogP contribution in [0.5, 0.6) is 5.75 Å². The average molecular weight is 572 g/mol. The summed E-state index contributed by atoms with van der Waals surface area (Å²) < 4.78 is 12.7. The largest absolute Gasteiger partial charge is 0.476 e. The van der Waals surface area contributed by atoms with Crippen LogP contribution in [0.3, 0.4) is 0 Å². The molecule has 1 atom stereocenters. The molecule has 0 spiro atoms. The molecule has 1 aliphatic carbocycles. The second-order valence-electron chi connectivity index (χ2n) is 11.7. The van der Waals surface area contributed by atoms with Crippen molar-refractivity contribution in [3.63, 3.8) is 0 Å². The van der Waals surface area contributed by atoms with E-state index in [4.69, 9.17) is 9.47 Å². The first kappa shape index (κ1) is 27.5. The Balaban J connectivity index is 1.43. The van der Waals surface area contributed by atoms with E-state index in [1.807, 2.05) is 57.2 Å². The van der Waals surface area contributed by atoms with Crippen molar-refractivity contribution >= 4 is 33.5 Å². The highest BCUT2D eigenvalue weighted by Gasteiger charge is 2.38. The van der Waals surface area contributed by atoms with Gasteiger partial charge in [0.05, 0.1) is 5.92 Å². The van der Waals surface area contributed by atoms with Crippen LogP contribution in [0.25, 0.3) is 0 Å². The molecular weight excluding hydrogens is 532 g/mol. The van der Waals surface area contributed by atoms with E-state index in [1.54, 1.807) is 13.8 Å². The summed E-state index contributed by atoms with van der Waals surface area (Å²) in [6.45, 7) is 11.2. The Morgan fingerprint density at radius 2 is 1.73 bits per heavy atom. The van der Waals surface area contributed by atoms with Crippen LogP contribution >= 0.6 is 15.9 Å². The monoisotopic (exact) mass is 570 g/mol. The number of rotatable bonds is 8. The third-order valence-corrected chi connectivity index (χ3v) is 7.28. The van der Waals surface area contributed by atoms with Gasteiger partial charge < -0.3 is 19.3 Å². The highest BCUT2D eigenvalue weighted by Crippen LogP contribution is 2.33. The lowest BCUT2D eigenvalue weighted by molar-refractivity contribution is -0.170. The molecule has 1 saturated carbocycles. The fraction of sp³-hybridized carbons (Fsp3) is 0.533. The van der Waals surface area contributed by atoms with Crippen LogP contribution in [0, 0.1) is 5.92 Å². The van der Waals surface area contributed by atoms with E-state index in [1.165, 1.54) is 0 Å². The predicted molar refractivity (Wildman–Crippen MR) is 150 cm³/mol. The zero-order valence-corrected chi connectivity index (χ0v) is 24.2. The van der Waals surface area contributed by atoms with Gasteiger partial charge in [0.2, 0.25) is 5.91 Å². The molecule has 1 aliphatic heterocycles. The van der Waals surface area contributed by atoms with Gasteiger partial charge in [-0.25, -0.2) is 4.79 Å². The van der Waals surface area contributed by atoms with E-state index in [0.29, 0.717) is 24.9 Å². The normalized spacial score (nSPS) is 18.3. The van der Waals surface area contributed by atoms with E-state index in [9.17, 15) is 9.59 Å². The molecule has 4 rings (SSSR count). The van der Waals surface area contributed by atoms with E-state index in [0.717, 1.165) is 48.0 Å². The SMILES string of the molecule is CC(C)(C)OC(=O)C(C)(C)Oc1cccc(N2CCC[C@H](C(=O)N(Cc3ccc(Br)cc3)C3CC3)C2)c1. The quantitative estimate of drug-likeness (QED) is 0.346. The Hall–Kier alpha value is -2.54. The van der Waals surface area contributed by atoms with Crippen LogP contribution in [0.4, 0.5) is 5.69 Å². The zero-order chi connectivity index (χ0) is 26.8. The van der Waals surface area contributed by atoms with E-state index in [2.05, 4.69) is 37.9 Å². The molecule has 2 fully saturated rings. The third kappa shape index (κ3) is 7.50. The Kier molecular flexibility index (Phi) is 8.22. The third-order valence-electron chi connectivity index (χ3n) is 6.75. The Morgan fingerprint density at radius 3 is 2.38 bits per heavy atom. The number of piperidine rings is 1. The minimum absolute atomic E-state index is 0.0347. The van der Waals surface area contributed by atoms with Crippen molar-refractivity contribution in [2.75, 3.05) is 18.0 Å². The number of esters is 1. The fourth-order valence-corrected chi connectivity index (χ4v) is 4.95. The van der Waals surface area contributed by atoms with Crippen molar-refractivity contribution in [2.24, 2.45) is 5.92 Å². The Morgan fingerprint density at radius 1 is 1.03 bits per heavy atom. The minimum atomic E-state index is -1.12. The van der Waals surface area contributed by atoms with Gasteiger partial charge in [0.15, 0.2) is 5.60 Å². The highest BCUT2D eigenvalue weighted by molar-refractivity contribution is 9.10. The molecule has 1 saturated heterocycles. The topological polar surface area (TPSA) is 59.1 Å². The first-order valence-corrected chi connectivity index (χ1v) is 14.0. The second kappa shape index (κ2) is 11.1. The molecule has 2 aromatic rings. The summed E-state index contributed by atoms with van der Waals surface area (Å²) in [5.74, 6) is 0.429. The van der Waals surface area contributed by atoms with Crippen molar-refractivity contribution < 1.29 is 19.1 Å². The summed E-state index contributed by atoms with van der Waals surface area (Å²) in [6.07, 6.45) is 4.04. The summed E-state index contributed by atoms with van der Waals surface area (Å²) in [7, 11) is 0. The van der Waals surface area contributed by atoms with Crippen molar-refractivity contribution in [3.05, 3.63) is 58.6 Å². The lowest BCUT2D eigenvalue weighted by Crippen LogP contribution is -2.45. The number of carbonyl (C=O) groups is 2. The number of carbonyl (C=O) groups excluding carboxylic acids is 2. The Labute approximate surface area is 229 Å². The van der Waals surface area contributed by atoms with Crippen LogP contribution in [-0.4, -0.2) is 47.1 Å². The van der Waals surface area contributed by atoms with E-state index >= 15 is 0 Å². The van der Waals surface area contributed by atoms with Crippen molar-refractivity contribution in [1.29, 1.82) is 0 Å². The summed E-state index contributed by atoms with van der Waals surface area (Å²) in [5, 5.41) is 0. The molecule has 1 amide bonds. The molecule has 37 heavy (non-hydrogen) atoms.